The maximum absolute atomic E-state index is 12.0. The molecule has 1 atom stereocenters. The third-order valence-corrected chi connectivity index (χ3v) is 5.60. The van der Waals surface area contributed by atoms with Gasteiger partial charge in [0.05, 0.1) is 14.4 Å². The summed E-state index contributed by atoms with van der Waals surface area (Å²) >= 11 is 4.70. The Morgan fingerprint density at radius 2 is 2.00 bits per heavy atom. The fourth-order valence-electron chi connectivity index (χ4n) is 1.68. The summed E-state index contributed by atoms with van der Waals surface area (Å²) in [7, 11) is -1.16. The molecule has 2 nitrogen and oxygen atoms in total. The van der Waals surface area contributed by atoms with Gasteiger partial charge in [-0.15, -0.1) is 11.3 Å². The summed E-state index contributed by atoms with van der Waals surface area (Å²) in [6, 6.07) is 11.4. The Balaban J connectivity index is 1.99. The van der Waals surface area contributed by atoms with E-state index < -0.39 is 10.8 Å². The van der Waals surface area contributed by atoms with Gasteiger partial charge >= 0.3 is 0 Å². The number of hydrogen-bond acceptors (Lipinski definition) is 3. The Bertz CT molecular complexity index is 619. The zero-order valence-corrected chi connectivity index (χ0v) is 13.6. The molecule has 1 aromatic heterocycles. The van der Waals surface area contributed by atoms with Crippen molar-refractivity contribution in [2.45, 2.75) is 12.7 Å². The van der Waals surface area contributed by atoms with Crippen LogP contribution < -0.4 is 0 Å². The molecule has 0 saturated carbocycles. The first-order valence-corrected chi connectivity index (χ1v) is 8.84. The van der Waals surface area contributed by atoms with Crippen molar-refractivity contribution in [3.63, 3.8) is 0 Å². The van der Waals surface area contributed by atoms with Gasteiger partial charge in [-0.1, -0.05) is 24.3 Å². The number of rotatable bonds is 5. The Morgan fingerprint density at radius 3 is 2.63 bits per heavy atom. The highest BCUT2D eigenvalue weighted by Crippen LogP contribution is 2.22. The molecule has 1 unspecified atom stereocenters. The smallest absolute Gasteiger partial charge is 0.185 e. The molecule has 2 rings (SSSR count). The van der Waals surface area contributed by atoms with E-state index in [0.717, 1.165) is 14.9 Å². The highest BCUT2D eigenvalue weighted by Gasteiger charge is 2.13. The first-order chi connectivity index (χ1) is 9.06. The van der Waals surface area contributed by atoms with E-state index in [1.165, 1.54) is 11.3 Å². The van der Waals surface area contributed by atoms with Gasteiger partial charge in [0.2, 0.25) is 0 Å². The second-order valence-corrected chi connectivity index (χ2v) is 8.10. The van der Waals surface area contributed by atoms with E-state index >= 15 is 0 Å². The first-order valence-electron chi connectivity index (χ1n) is 5.74. The van der Waals surface area contributed by atoms with Crippen molar-refractivity contribution in [1.29, 1.82) is 0 Å². The fourth-order valence-corrected chi connectivity index (χ4v) is 4.31. The molecule has 100 valence electrons. The monoisotopic (exact) mass is 356 g/mol. The Labute approximate surface area is 127 Å². The van der Waals surface area contributed by atoms with E-state index in [1.54, 1.807) is 6.07 Å². The standard InChI is InChI=1S/C14H13BrO2S2/c1-10-4-2-3-5-11(10)8-19(17)9-12(16)13-6-7-14(15)18-13/h2-7H,8-9H2,1H3. The lowest BCUT2D eigenvalue weighted by atomic mass is 10.1. The van der Waals surface area contributed by atoms with Crippen molar-refractivity contribution in [2.75, 3.05) is 5.75 Å². The maximum Gasteiger partial charge on any atom is 0.185 e. The SMILES string of the molecule is Cc1ccccc1CS(=O)CC(=O)c1ccc(Br)s1. The molecule has 0 saturated heterocycles. The Hall–Kier alpha value is -0.780. The third kappa shape index (κ3) is 4.09. The highest BCUT2D eigenvalue weighted by atomic mass is 79.9. The van der Waals surface area contributed by atoms with Crippen molar-refractivity contribution in [2.24, 2.45) is 0 Å². The number of hydrogen-bond donors (Lipinski definition) is 0. The van der Waals surface area contributed by atoms with Crippen LogP contribution in [-0.2, 0) is 16.6 Å². The molecule has 5 heteroatoms. The molecule has 0 radical (unpaired) electrons. The maximum atomic E-state index is 12.0. The van der Waals surface area contributed by atoms with Crippen LogP contribution in [0.25, 0.3) is 0 Å². The van der Waals surface area contributed by atoms with Gasteiger partial charge in [-0.25, -0.2) is 0 Å². The summed E-state index contributed by atoms with van der Waals surface area (Å²) in [5.41, 5.74) is 2.16. The van der Waals surface area contributed by atoms with Gasteiger partial charge in [-0.05, 0) is 46.1 Å². The van der Waals surface area contributed by atoms with Crippen LogP contribution in [0.5, 0.6) is 0 Å². The molecule has 19 heavy (non-hydrogen) atoms. The third-order valence-electron chi connectivity index (χ3n) is 2.72. The first kappa shape index (κ1) is 14.6. The zero-order chi connectivity index (χ0) is 13.8. The van der Waals surface area contributed by atoms with Crippen molar-refractivity contribution >= 4 is 43.8 Å². The molecule has 0 bridgehead atoms. The topological polar surface area (TPSA) is 34.1 Å². The van der Waals surface area contributed by atoms with Gasteiger partial charge < -0.3 is 0 Å². The average molecular weight is 357 g/mol. The molecular weight excluding hydrogens is 344 g/mol. The molecule has 0 spiro atoms. The normalized spacial score (nSPS) is 12.3. The lowest BCUT2D eigenvalue weighted by Crippen LogP contribution is -2.11. The van der Waals surface area contributed by atoms with Gasteiger partial charge in [0, 0.05) is 16.6 Å². The van der Waals surface area contributed by atoms with Crippen LogP contribution in [0, 0.1) is 6.92 Å². The fraction of sp³-hybridized carbons (Fsp3) is 0.214. The van der Waals surface area contributed by atoms with Crippen LogP contribution in [0.2, 0.25) is 0 Å². The minimum absolute atomic E-state index is 0.0531. The second-order valence-electron chi connectivity index (χ2n) is 4.18. The zero-order valence-electron chi connectivity index (χ0n) is 10.4. The number of aryl methyl sites for hydroxylation is 1. The highest BCUT2D eigenvalue weighted by molar-refractivity contribution is 9.11. The molecule has 2 aromatic rings. The summed E-state index contributed by atoms with van der Waals surface area (Å²) < 4.78 is 13.0. The summed E-state index contributed by atoms with van der Waals surface area (Å²) in [6.07, 6.45) is 0. The summed E-state index contributed by atoms with van der Waals surface area (Å²) in [5, 5.41) is 0. The largest absolute Gasteiger partial charge is 0.292 e. The molecular formula is C14H13BrO2S2. The second kappa shape index (κ2) is 6.59. The van der Waals surface area contributed by atoms with Gasteiger partial charge in [0.1, 0.15) is 0 Å². The predicted octanol–water partition coefficient (Wildman–Crippen LogP) is 3.95. The van der Waals surface area contributed by atoms with E-state index in [9.17, 15) is 9.00 Å². The van der Waals surface area contributed by atoms with Gasteiger partial charge in [0.25, 0.3) is 0 Å². The van der Waals surface area contributed by atoms with Crippen LogP contribution in [0.1, 0.15) is 20.8 Å². The van der Waals surface area contributed by atoms with Crippen LogP contribution >= 0.6 is 27.3 Å². The van der Waals surface area contributed by atoms with E-state index in [2.05, 4.69) is 15.9 Å². The molecule has 0 aliphatic heterocycles. The van der Waals surface area contributed by atoms with Crippen LogP contribution in [0.4, 0.5) is 0 Å². The number of carbonyl (C=O) groups is 1. The lowest BCUT2D eigenvalue weighted by molar-refractivity contribution is 0.102. The molecule has 0 N–H and O–H groups in total. The number of ketones is 1. The van der Waals surface area contributed by atoms with E-state index in [-0.39, 0.29) is 11.5 Å². The lowest BCUT2D eigenvalue weighted by Gasteiger charge is -2.04. The predicted molar refractivity (Wildman–Crippen MR) is 84.2 cm³/mol. The van der Waals surface area contributed by atoms with Gasteiger partial charge in [-0.3, -0.25) is 9.00 Å². The number of Topliss-reactive ketones (excluding diaryl/α,β-unsaturated/α-hetero) is 1. The summed E-state index contributed by atoms with van der Waals surface area (Å²) in [6.45, 7) is 1.99. The summed E-state index contributed by atoms with van der Waals surface area (Å²) in [4.78, 5) is 12.6. The summed E-state index contributed by atoms with van der Waals surface area (Å²) in [5.74, 6) is 0.467. The van der Waals surface area contributed by atoms with Crippen molar-refractivity contribution in [3.05, 3.63) is 56.2 Å². The molecule has 1 aromatic carbocycles. The van der Waals surface area contributed by atoms with Crippen molar-refractivity contribution < 1.29 is 9.00 Å². The minimum atomic E-state index is -1.16. The van der Waals surface area contributed by atoms with E-state index in [4.69, 9.17) is 0 Å². The molecule has 0 amide bonds. The van der Waals surface area contributed by atoms with Gasteiger partial charge in [0.15, 0.2) is 5.78 Å². The number of thiophene rings is 1. The van der Waals surface area contributed by atoms with Gasteiger partial charge in [-0.2, -0.15) is 0 Å². The van der Waals surface area contributed by atoms with Crippen LogP contribution in [0.3, 0.4) is 0 Å². The number of halogens is 1. The van der Waals surface area contributed by atoms with E-state index in [1.807, 2.05) is 37.3 Å². The van der Waals surface area contributed by atoms with Crippen molar-refractivity contribution in [1.82, 2.24) is 0 Å². The van der Waals surface area contributed by atoms with Crippen LogP contribution in [0.15, 0.2) is 40.2 Å². The average Bonchev–Trinajstić information content (AvgIpc) is 2.79. The Kier molecular flexibility index (Phi) is 5.07. The minimum Gasteiger partial charge on any atom is -0.292 e. The van der Waals surface area contributed by atoms with Crippen molar-refractivity contribution in [3.8, 4) is 0 Å². The molecule has 0 aliphatic rings. The number of carbonyl (C=O) groups excluding carboxylic acids is 1. The molecule has 1 heterocycles. The quantitative estimate of drug-likeness (QED) is 0.760. The van der Waals surface area contributed by atoms with Crippen LogP contribution in [-0.4, -0.2) is 15.7 Å². The molecule has 0 aliphatic carbocycles. The molecule has 0 fully saturated rings. The van der Waals surface area contributed by atoms with E-state index in [0.29, 0.717) is 10.6 Å². The Morgan fingerprint density at radius 1 is 1.26 bits per heavy atom. The number of benzene rings is 1.